The first-order valence-corrected chi connectivity index (χ1v) is 17.3. The Bertz CT molecular complexity index is 864. The Morgan fingerprint density at radius 1 is 0.357 bits per heavy atom. The second-order valence-corrected chi connectivity index (χ2v) is 13.7. The van der Waals surface area contributed by atoms with Crippen molar-refractivity contribution in [1.82, 2.24) is 0 Å². The minimum atomic E-state index is -4.96. The minimum Gasteiger partial charge on any atom is -0.394 e. The van der Waals surface area contributed by atoms with Crippen molar-refractivity contribution in [2.24, 2.45) is 0 Å². The van der Waals surface area contributed by atoms with Crippen molar-refractivity contribution < 1.29 is 110 Å². The average molecular weight is 708 g/mol. The topological polar surface area (TPSA) is 365 Å². The monoisotopic (exact) mass is 708 g/mol. The Morgan fingerprint density at radius 2 is 0.500 bits per heavy atom. The van der Waals surface area contributed by atoms with E-state index in [9.17, 15) is 53.2 Å². The smallest absolute Gasteiger partial charge is 0.394 e. The molecule has 0 aliphatic heterocycles. The maximum atomic E-state index is 11.8. The van der Waals surface area contributed by atoms with Crippen molar-refractivity contribution in [2.75, 3.05) is 66.1 Å². The first-order valence-electron chi connectivity index (χ1n) is 11.3. The van der Waals surface area contributed by atoms with Crippen LogP contribution in [-0.4, -0.2) is 152 Å². The van der Waals surface area contributed by atoms with Crippen LogP contribution in [0.15, 0.2) is 0 Å². The molecule has 0 aromatic rings. The van der Waals surface area contributed by atoms with Gasteiger partial charge in [0.25, 0.3) is 0 Å². The molecule has 0 saturated carbocycles. The molecule has 254 valence electrons. The summed E-state index contributed by atoms with van der Waals surface area (Å²) in [5.41, 5.74) is 0. The third-order valence-corrected chi connectivity index (χ3v) is 7.66. The molecule has 0 radical (unpaired) electrons. The summed E-state index contributed by atoms with van der Waals surface area (Å²) in [5.74, 6) is 0. The van der Waals surface area contributed by atoms with Gasteiger partial charge in [0.05, 0.1) is 66.1 Å². The van der Waals surface area contributed by atoms with E-state index in [4.69, 9.17) is 20.4 Å². The zero-order valence-corrected chi connectivity index (χ0v) is 25.1. The SMILES string of the molecule is O=P(O)(OCC(O)COP(=O)(O)OC[C@H](O)COP(=O)(O)OC[C@H](O)CO)OC[C@@H](O)COP(=O)(O)OC[C@@H](O)CO. The average Bonchev–Trinajstić information content (AvgIpc) is 2.92. The number of rotatable bonds is 26. The highest BCUT2D eigenvalue weighted by atomic mass is 31.2. The summed E-state index contributed by atoms with van der Waals surface area (Å²) in [6.45, 7) is -9.03. The van der Waals surface area contributed by atoms with Crippen LogP contribution in [0.1, 0.15) is 0 Å². The zero-order chi connectivity index (χ0) is 32.6. The summed E-state index contributed by atoms with van der Waals surface area (Å²) in [4.78, 5) is 37.8. The van der Waals surface area contributed by atoms with Crippen molar-refractivity contribution in [2.45, 2.75) is 30.5 Å². The third kappa shape index (κ3) is 22.6. The highest BCUT2D eigenvalue weighted by molar-refractivity contribution is 7.48. The molecule has 0 spiro atoms. The van der Waals surface area contributed by atoms with Crippen LogP contribution in [0.25, 0.3) is 0 Å². The highest BCUT2D eigenvalue weighted by Gasteiger charge is 2.30. The summed E-state index contributed by atoms with van der Waals surface area (Å²) >= 11 is 0. The van der Waals surface area contributed by atoms with Gasteiger partial charge in [-0.25, -0.2) is 18.3 Å². The maximum absolute atomic E-state index is 11.8. The molecule has 42 heavy (non-hydrogen) atoms. The Kier molecular flexibility index (Phi) is 20.4. The van der Waals surface area contributed by atoms with Crippen molar-refractivity contribution in [1.29, 1.82) is 0 Å². The van der Waals surface area contributed by atoms with E-state index in [1.807, 2.05) is 0 Å². The van der Waals surface area contributed by atoms with Gasteiger partial charge in [-0.2, -0.15) is 0 Å². The van der Waals surface area contributed by atoms with Crippen LogP contribution in [0.4, 0.5) is 0 Å². The van der Waals surface area contributed by atoms with Crippen molar-refractivity contribution in [3.05, 3.63) is 0 Å². The molecule has 0 rings (SSSR count). The second-order valence-electron chi connectivity index (χ2n) is 7.87. The molecule has 0 heterocycles. The van der Waals surface area contributed by atoms with E-state index in [2.05, 4.69) is 36.2 Å². The second kappa shape index (κ2) is 20.3. The van der Waals surface area contributed by atoms with Gasteiger partial charge in [-0.15, -0.1) is 0 Å². The Morgan fingerprint density at radius 3 is 0.643 bits per heavy atom. The predicted molar refractivity (Wildman–Crippen MR) is 131 cm³/mol. The molecule has 0 fully saturated rings. The first kappa shape index (κ1) is 42.2. The van der Waals surface area contributed by atoms with E-state index in [-0.39, 0.29) is 0 Å². The number of phosphoric acid groups is 4. The van der Waals surface area contributed by atoms with Gasteiger partial charge in [0.1, 0.15) is 30.5 Å². The van der Waals surface area contributed by atoms with Crippen LogP contribution >= 0.6 is 31.3 Å². The van der Waals surface area contributed by atoms with E-state index in [1.54, 1.807) is 0 Å². The fourth-order valence-electron chi connectivity index (χ4n) is 1.84. The lowest BCUT2D eigenvalue weighted by molar-refractivity contribution is 0.00107. The highest BCUT2D eigenvalue weighted by Crippen LogP contribution is 2.47. The van der Waals surface area contributed by atoms with E-state index in [0.717, 1.165) is 0 Å². The minimum absolute atomic E-state index is 0.771. The summed E-state index contributed by atoms with van der Waals surface area (Å²) in [6, 6.07) is 0. The van der Waals surface area contributed by atoms with Crippen LogP contribution in [0.3, 0.4) is 0 Å². The van der Waals surface area contributed by atoms with Crippen molar-refractivity contribution >= 4 is 31.3 Å². The van der Waals surface area contributed by atoms with Crippen LogP contribution in [-0.2, 0) is 54.5 Å². The van der Waals surface area contributed by atoms with E-state index in [0.29, 0.717) is 0 Å². The molecule has 5 unspecified atom stereocenters. The molecule has 0 aliphatic carbocycles. The largest absolute Gasteiger partial charge is 0.472 e. The number of hydrogen-bond donors (Lipinski definition) is 11. The number of aliphatic hydroxyl groups excluding tert-OH is 7. The molecular weight excluding hydrogens is 672 g/mol. The number of aliphatic hydroxyl groups is 7. The Balaban J connectivity index is 4.34. The number of hydrogen-bond acceptors (Lipinski definition) is 19. The van der Waals surface area contributed by atoms with E-state index >= 15 is 0 Å². The van der Waals surface area contributed by atoms with Crippen molar-refractivity contribution in [3.63, 3.8) is 0 Å². The molecule has 9 atom stereocenters. The van der Waals surface area contributed by atoms with Gasteiger partial charge in [-0.05, 0) is 0 Å². The zero-order valence-electron chi connectivity index (χ0n) is 21.6. The van der Waals surface area contributed by atoms with Gasteiger partial charge in [0.15, 0.2) is 0 Å². The van der Waals surface area contributed by atoms with E-state index in [1.165, 1.54) is 0 Å². The first-order chi connectivity index (χ1) is 19.2. The van der Waals surface area contributed by atoms with Gasteiger partial charge >= 0.3 is 31.3 Å². The molecule has 0 aliphatic rings. The van der Waals surface area contributed by atoms with E-state index < -0.39 is 128 Å². The third-order valence-electron chi connectivity index (χ3n) is 3.86. The molecule has 23 nitrogen and oxygen atoms in total. The van der Waals surface area contributed by atoms with Gasteiger partial charge in [0.2, 0.25) is 0 Å². The quantitative estimate of drug-likeness (QED) is 0.0385. The fourth-order valence-corrected chi connectivity index (χ4v) is 5.02. The van der Waals surface area contributed by atoms with Crippen molar-refractivity contribution in [3.8, 4) is 0 Å². The van der Waals surface area contributed by atoms with Crippen LogP contribution in [0.2, 0.25) is 0 Å². The molecule has 0 saturated heterocycles. The molecule has 0 amide bonds. The van der Waals surface area contributed by atoms with Gasteiger partial charge in [0, 0.05) is 0 Å². The summed E-state index contributed by atoms with van der Waals surface area (Å²) in [5, 5.41) is 64.3. The van der Waals surface area contributed by atoms with Gasteiger partial charge in [-0.3, -0.25) is 36.2 Å². The normalized spacial score (nSPS) is 21.7. The van der Waals surface area contributed by atoms with Crippen LogP contribution in [0, 0.1) is 0 Å². The lowest BCUT2D eigenvalue weighted by atomic mass is 10.4. The predicted octanol–water partition coefficient (Wildman–Crippen LogP) is -3.69. The molecule has 0 aromatic carbocycles. The Labute approximate surface area is 238 Å². The maximum Gasteiger partial charge on any atom is 0.472 e. The lowest BCUT2D eigenvalue weighted by Gasteiger charge is -2.19. The lowest BCUT2D eigenvalue weighted by Crippen LogP contribution is -2.24. The van der Waals surface area contributed by atoms with Crippen LogP contribution < -0.4 is 0 Å². The summed E-state index contributed by atoms with van der Waals surface area (Å²) in [7, 11) is -19.5. The molecule has 0 bridgehead atoms. The van der Waals surface area contributed by atoms with Gasteiger partial charge < -0.3 is 55.3 Å². The fraction of sp³-hybridized carbons (Fsp3) is 1.00. The van der Waals surface area contributed by atoms with Crippen LogP contribution in [0.5, 0.6) is 0 Å². The van der Waals surface area contributed by atoms with Gasteiger partial charge in [-0.1, -0.05) is 0 Å². The Hall–Kier alpha value is 0.160. The molecule has 27 heteroatoms. The molecular formula is C15H36O23P4. The number of phosphoric ester groups is 4. The summed E-state index contributed by atoms with van der Waals surface area (Å²) in [6.07, 6.45) is -8.34. The standard InChI is InChI=1S/C15H36O23P4/c16-1-11(18)3-31-39(23,24)33-5-13(20)7-35-41(27,28)37-9-15(22)10-38-42(29,30)36-8-14(21)6-34-40(25,26)32-4-12(19)2-17/h11-22H,1-10H2,(H,23,24)(H,25,26)(H,27,28)(H,29,30)/t11-,12+,13-,14+,15?. The summed E-state index contributed by atoms with van der Waals surface area (Å²) < 4.78 is 81.7. The molecule has 0 aromatic heterocycles. The molecule has 11 N–H and O–H groups in total.